The van der Waals surface area contributed by atoms with Crippen LogP contribution in [0.5, 0.6) is 0 Å². The van der Waals surface area contributed by atoms with Gasteiger partial charge in [-0.15, -0.1) is 17.2 Å². The lowest BCUT2D eigenvalue weighted by Gasteiger charge is -2.26. The molecule has 0 aromatic rings. The van der Waals surface area contributed by atoms with E-state index >= 15 is 0 Å². The molecule has 4 nitrogen and oxygen atoms in total. The van der Waals surface area contributed by atoms with Gasteiger partial charge in [-0.05, 0) is 39.3 Å². The van der Waals surface area contributed by atoms with Gasteiger partial charge in [-0.1, -0.05) is 19.6 Å². The highest BCUT2D eigenvalue weighted by Crippen LogP contribution is 2.31. The normalized spacial score (nSPS) is 10.8. The van der Waals surface area contributed by atoms with Crippen LogP contribution in [0.4, 0.5) is 0 Å². The fourth-order valence-electron chi connectivity index (χ4n) is 1.89. The average Bonchev–Trinajstić information content (AvgIpc) is 2.44. The number of rotatable bonds is 7. The van der Waals surface area contributed by atoms with Crippen LogP contribution in [0.3, 0.4) is 0 Å². The molecule has 0 unspecified atom stereocenters. The van der Waals surface area contributed by atoms with Crippen LogP contribution in [0.2, 0.25) is 19.6 Å². The molecule has 24 heavy (non-hydrogen) atoms. The van der Waals surface area contributed by atoms with Crippen molar-refractivity contribution in [1.82, 2.24) is 0 Å². The second-order valence-corrected chi connectivity index (χ2v) is 11.6. The lowest BCUT2D eigenvalue weighted by atomic mass is 9.81. The van der Waals surface area contributed by atoms with E-state index in [1.165, 1.54) is 0 Å². The standard InChI is InChI=1S/C19H30O4Si/c1-8-22-17(20)19(18(21)23-9-2,13-10-12-16(3)4)14-11-15-24(5,6)7/h10H,8-9,13-14H2,1-7H3. The maximum Gasteiger partial charge on any atom is 0.324 e. The van der Waals surface area contributed by atoms with E-state index in [0.29, 0.717) is 0 Å². The first-order valence-electron chi connectivity index (χ1n) is 8.32. The van der Waals surface area contributed by atoms with E-state index < -0.39 is 25.4 Å². The Balaban J connectivity index is 5.90. The van der Waals surface area contributed by atoms with Crippen molar-refractivity contribution in [2.24, 2.45) is 5.41 Å². The lowest BCUT2D eigenvalue weighted by molar-refractivity contribution is -0.171. The summed E-state index contributed by atoms with van der Waals surface area (Å²) in [6.07, 6.45) is 1.95. The Morgan fingerprint density at radius 1 is 1.04 bits per heavy atom. The zero-order chi connectivity index (χ0) is 18.8. The van der Waals surface area contributed by atoms with Crippen LogP contribution in [0.1, 0.15) is 40.5 Å². The summed E-state index contributed by atoms with van der Waals surface area (Å²) >= 11 is 0. The summed E-state index contributed by atoms with van der Waals surface area (Å²) in [5.74, 6) is 1.87. The molecule has 0 saturated heterocycles. The summed E-state index contributed by atoms with van der Waals surface area (Å²) in [5, 5.41) is 0. The van der Waals surface area contributed by atoms with E-state index in [1.54, 1.807) is 19.9 Å². The van der Waals surface area contributed by atoms with Gasteiger partial charge in [0.1, 0.15) is 8.07 Å². The van der Waals surface area contributed by atoms with Crippen LogP contribution in [0.25, 0.3) is 0 Å². The predicted molar refractivity (Wildman–Crippen MR) is 99.0 cm³/mol. The molecule has 0 heterocycles. The Morgan fingerprint density at radius 2 is 1.54 bits per heavy atom. The maximum atomic E-state index is 12.6. The molecule has 0 fully saturated rings. The van der Waals surface area contributed by atoms with Crippen molar-refractivity contribution in [3.63, 3.8) is 0 Å². The Morgan fingerprint density at radius 3 is 1.92 bits per heavy atom. The van der Waals surface area contributed by atoms with Gasteiger partial charge >= 0.3 is 11.9 Å². The summed E-state index contributed by atoms with van der Waals surface area (Å²) in [5.41, 5.74) is 5.78. The van der Waals surface area contributed by atoms with Gasteiger partial charge in [-0.2, -0.15) is 0 Å². The number of allylic oxidation sites excluding steroid dienone is 1. The molecule has 134 valence electrons. The number of carbonyl (C=O) groups excluding carboxylic acids is 2. The second-order valence-electron chi connectivity index (χ2n) is 6.80. The fourth-order valence-corrected chi connectivity index (χ4v) is 2.51. The van der Waals surface area contributed by atoms with Gasteiger partial charge in [0.15, 0.2) is 5.41 Å². The first-order chi connectivity index (χ1) is 11.1. The van der Waals surface area contributed by atoms with E-state index in [2.05, 4.69) is 36.8 Å². The van der Waals surface area contributed by atoms with Crippen LogP contribution in [-0.2, 0) is 19.1 Å². The third-order valence-electron chi connectivity index (χ3n) is 3.03. The number of hydrogen-bond donors (Lipinski definition) is 0. The van der Waals surface area contributed by atoms with Gasteiger partial charge in [-0.25, -0.2) is 0 Å². The fraction of sp³-hybridized carbons (Fsp3) is 0.632. The number of esters is 2. The molecular formula is C19H30O4Si. The van der Waals surface area contributed by atoms with E-state index in [0.717, 1.165) is 5.57 Å². The van der Waals surface area contributed by atoms with Gasteiger partial charge in [0, 0.05) is 12.8 Å². The zero-order valence-corrected chi connectivity index (χ0v) is 17.0. The van der Waals surface area contributed by atoms with Crippen LogP contribution < -0.4 is 0 Å². The van der Waals surface area contributed by atoms with Gasteiger partial charge in [0.2, 0.25) is 0 Å². The Labute approximate surface area is 147 Å². The van der Waals surface area contributed by atoms with E-state index in [4.69, 9.17) is 9.47 Å². The molecule has 0 rings (SSSR count). The topological polar surface area (TPSA) is 52.6 Å². The lowest BCUT2D eigenvalue weighted by Crippen LogP contribution is -2.41. The molecule has 0 atom stereocenters. The Kier molecular flexibility index (Phi) is 9.43. The maximum absolute atomic E-state index is 12.6. The number of carbonyl (C=O) groups is 2. The third-order valence-corrected chi connectivity index (χ3v) is 3.95. The molecule has 5 heteroatoms. The molecule has 0 aliphatic carbocycles. The van der Waals surface area contributed by atoms with Crippen molar-refractivity contribution in [1.29, 1.82) is 0 Å². The Hall–Kier alpha value is -1.76. The smallest absolute Gasteiger partial charge is 0.324 e. The summed E-state index contributed by atoms with van der Waals surface area (Å²) in [6.45, 7) is 14.0. The molecule has 0 N–H and O–H groups in total. The first kappa shape index (κ1) is 22.2. The van der Waals surface area contributed by atoms with Gasteiger partial charge in [0.05, 0.1) is 13.2 Å². The van der Waals surface area contributed by atoms with Crippen LogP contribution in [0, 0.1) is 16.9 Å². The largest absolute Gasteiger partial charge is 0.465 e. The third kappa shape index (κ3) is 7.67. The predicted octanol–water partition coefficient (Wildman–Crippen LogP) is 3.88. The summed E-state index contributed by atoms with van der Waals surface area (Å²) in [7, 11) is -1.61. The van der Waals surface area contributed by atoms with Gasteiger partial charge in [-0.3, -0.25) is 9.59 Å². The van der Waals surface area contributed by atoms with Crippen molar-refractivity contribution in [2.45, 2.75) is 60.2 Å². The van der Waals surface area contributed by atoms with Crippen molar-refractivity contribution in [2.75, 3.05) is 13.2 Å². The first-order valence-corrected chi connectivity index (χ1v) is 11.8. The van der Waals surface area contributed by atoms with Crippen molar-refractivity contribution < 1.29 is 19.1 Å². The molecule has 0 aromatic carbocycles. The molecule has 0 bridgehead atoms. The molecule has 0 aliphatic heterocycles. The van der Waals surface area contributed by atoms with Gasteiger partial charge < -0.3 is 9.47 Å². The van der Waals surface area contributed by atoms with Crippen molar-refractivity contribution in [3.8, 4) is 11.5 Å². The molecule has 0 aromatic heterocycles. The van der Waals surface area contributed by atoms with E-state index in [-0.39, 0.29) is 26.1 Å². The highest BCUT2D eigenvalue weighted by molar-refractivity contribution is 6.83. The average molecular weight is 351 g/mol. The number of ether oxygens (including phenoxy) is 2. The van der Waals surface area contributed by atoms with E-state index in [9.17, 15) is 9.59 Å². The minimum atomic E-state index is -1.61. The SMILES string of the molecule is CCOC(=O)C(CC#C[Si](C)(C)C)(CC=C=C(C)C)C(=O)OCC. The quantitative estimate of drug-likeness (QED) is 0.230. The van der Waals surface area contributed by atoms with Crippen LogP contribution >= 0.6 is 0 Å². The number of hydrogen-bond acceptors (Lipinski definition) is 4. The minimum Gasteiger partial charge on any atom is -0.465 e. The molecule has 0 amide bonds. The summed E-state index contributed by atoms with van der Waals surface area (Å²) in [6, 6.07) is 0. The minimum absolute atomic E-state index is 0.0931. The van der Waals surface area contributed by atoms with Crippen molar-refractivity contribution in [3.05, 3.63) is 17.4 Å². The summed E-state index contributed by atoms with van der Waals surface area (Å²) < 4.78 is 10.3. The van der Waals surface area contributed by atoms with Crippen LogP contribution in [-0.4, -0.2) is 33.2 Å². The zero-order valence-electron chi connectivity index (χ0n) is 16.0. The van der Waals surface area contributed by atoms with Crippen molar-refractivity contribution >= 4 is 20.0 Å². The molecule has 0 radical (unpaired) electrons. The van der Waals surface area contributed by atoms with Crippen LogP contribution in [0.15, 0.2) is 17.4 Å². The molecule has 0 saturated carbocycles. The molecular weight excluding hydrogens is 320 g/mol. The second kappa shape index (κ2) is 10.2. The molecule has 0 spiro atoms. The molecule has 0 aliphatic rings. The summed E-state index contributed by atoms with van der Waals surface area (Å²) in [4.78, 5) is 25.2. The van der Waals surface area contributed by atoms with E-state index in [1.807, 2.05) is 13.8 Å². The Bertz CT molecular complexity index is 544. The highest BCUT2D eigenvalue weighted by atomic mass is 28.3. The van der Waals surface area contributed by atoms with Gasteiger partial charge in [0.25, 0.3) is 0 Å². The monoisotopic (exact) mass is 350 g/mol. The highest BCUT2D eigenvalue weighted by Gasteiger charge is 2.47.